The summed E-state index contributed by atoms with van der Waals surface area (Å²) in [6.45, 7) is 3.37. The summed E-state index contributed by atoms with van der Waals surface area (Å²) >= 11 is 4.81. The van der Waals surface area contributed by atoms with Crippen LogP contribution in [0.4, 0.5) is 5.69 Å². The smallest absolute Gasteiger partial charge is 0.181 e. The molecule has 1 aliphatic heterocycles. The second-order valence-corrected chi connectivity index (χ2v) is 4.80. The van der Waals surface area contributed by atoms with E-state index in [-0.39, 0.29) is 17.4 Å². The summed E-state index contributed by atoms with van der Waals surface area (Å²) in [5.41, 5.74) is 4.03. The van der Waals surface area contributed by atoms with Crippen LogP contribution in [-0.4, -0.2) is 43.7 Å². The predicted molar refractivity (Wildman–Crippen MR) is 81.7 cm³/mol. The number of thiocarbonyl (C=S) groups is 1. The molecule has 4 N–H and O–H groups in total. The van der Waals surface area contributed by atoms with Gasteiger partial charge in [0.1, 0.15) is 0 Å². The maximum absolute atomic E-state index is 11.9. The van der Waals surface area contributed by atoms with E-state index in [9.17, 15) is 4.79 Å². The fraction of sp³-hybridized carbons (Fsp3) is 0.385. The van der Waals surface area contributed by atoms with E-state index in [0.717, 1.165) is 32.0 Å². The molecule has 1 saturated heterocycles. The molecule has 0 unspecified atom stereocenters. The molecule has 1 aromatic rings. The molecule has 1 heterocycles. The summed E-state index contributed by atoms with van der Waals surface area (Å²) in [4.78, 5) is 14.2. The molecule has 0 bridgehead atoms. The van der Waals surface area contributed by atoms with Gasteiger partial charge in [-0.05, 0) is 36.5 Å². The van der Waals surface area contributed by atoms with E-state index in [0.29, 0.717) is 5.56 Å². The highest BCUT2D eigenvalue weighted by atomic mass is 32.1. The summed E-state index contributed by atoms with van der Waals surface area (Å²) in [6, 6.07) is 7.57. The Hall–Kier alpha value is -1.70. The van der Waals surface area contributed by atoms with E-state index in [1.165, 1.54) is 0 Å². The van der Waals surface area contributed by atoms with Gasteiger partial charge in [0.2, 0.25) is 0 Å². The average Bonchev–Trinajstić information content (AvgIpc) is 2.53. The summed E-state index contributed by atoms with van der Waals surface area (Å²) in [5.74, 6) is 5.09. The number of ketones is 1. The number of carbonyl (C=O) groups excluding carboxylic acids is 1. The van der Waals surface area contributed by atoms with Gasteiger partial charge in [0.25, 0.3) is 0 Å². The number of benzene rings is 1. The van der Waals surface area contributed by atoms with Gasteiger partial charge in [-0.25, -0.2) is 5.84 Å². The lowest BCUT2D eigenvalue weighted by molar-refractivity contribution is 0.0996. The molecule has 20 heavy (non-hydrogen) atoms. The van der Waals surface area contributed by atoms with Gasteiger partial charge in [0.05, 0.1) is 19.8 Å². The minimum Gasteiger partial charge on any atom is -0.378 e. The number of rotatable bonds is 4. The van der Waals surface area contributed by atoms with E-state index in [1.54, 1.807) is 0 Å². The van der Waals surface area contributed by atoms with E-state index < -0.39 is 0 Å². The second kappa shape index (κ2) is 7.18. The molecule has 0 spiro atoms. The fourth-order valence-electron chi connectivity index (χ4n) is 1.99. The zero-order chi connectivity index (χ0) is 14.4. The number of ether oxygens (including phenoxy) is 1. The van der Waals surface area contributed by atoms with Crippen LogP contribution in [0.15, 0.2) is 24.3 Å². The Bertz CT molecular complexity index is 472. The quantitative estimate of drug-likeness (QED) is 0.313. The van der Waals surface area contributed by atoms with E-state index >= 15 is 0 Å². The molecular formula is C13H18N4O2S. The molecule has 0 atom stereocenters. The Morgan fingerprint density at radius 1 is 1.30 bits per heavy atom. The van der Waals surface area contributed by atoms with Crippen LogP contribution in [0, 0.1) is 0 Å². The molecule has 2 rings (SSSR count). The fourth-order valence-corrected chi connectivity index (χ4v) is 2.07. The molecule has 7 heteroatoms. The number of anilines is 1. The number of nitrogens with one attached hydrogen (secondary N) is 2. The van der Waals surface area contributed by atoms with Crippen LogP contribution < -0.4 is 21.5 Å². The van der Waals surface area contributed by atoms with Crippen molar-refractivity contribution in [2.75, 3.05) is 37.7 Å². The third-order valence-electron chi connectivity index (χ3n) is 3.11. The van der Waals surface area contributed by atoms with Crippen LogP contribution in [0.2, 0.25) is 0 Å². The minimum absolute atomic E-state index is 0.0314. The number of hydrogen-bond donors (Lipinski definition) is 3. The van der Waals surface area contributed by atoms with Crippen molar-refractivity contribution in [3.63, 3.8) is 0 Å². The van der Waals surface area contributed by atoms with E-state index in [2.05, 4.69) is 15.6 Å². The zero-order valence-corrected chi connectivity index (χ0v) is 11.9. The monoisotopic (exact) mass is 294 g/mol. The highest BCUT2D eigenvalue weighted by Gasteiger charge is 2.12. The molecule has 0 aliphatic carbocycles. The van der Waals surface area contributed by atoms with Gasteiger partial charge in [-0.3, -0.25) is 4.79 Å². The van der Waals surface area contributed by atoms with Crippen LogP contribution in [0.25, 0.3) is 0 Å². The average molecular weight is 294 g/mol. The molecular weight excluding hydrogens is 276 g/mol. The molecule has 0 aromatic heterocycles. The Kier molecular flexibility index (Phi) is 5.28. The number of hydrazine groups is 1. The topological polar surface area (TPSA) is 79.6 Å². The maximum atomic E-state index is 11.9. The number of morpholine rings is 1. The molecule has 1 fully saturated rings. The van der Waals surface area contributed by atoms with Crippen LogP contribution in [-0.2, 0) is 4.74 Å². The van der Waals surface area contributed by atoms with Gasteiger partial charge in [0.15, 0.2) is 10.9 Å². The standard InChI is InChI=1S/C13H18N4O2S/c14-16-13(20)15-9-12(18)10-1-3-11(4-2-10)17-5-7-19-8-6-17/h1-4H,5-9,14H2,(H2,15,16,20). The van der Waals surface area contributed by atoms with E-state index in [4.69, 9.17) is 22.8 Å². The van der Waals surface area contributed by atoms with E-state index in [1.807, 2.05) is 24.3 Å². The van der Waals surface area contributed by atoms with Crippen LogP contribution in [0.1, 0.15) is 10.4 Å². The largest absolute Gasteiger partial charge is 0.378 e. The lowest BCUT2D eigenvalue weighted by Crippen LogP contribution is -2.41. The summed E-state index contributed by atoms with van der Waals surface area (Å²) in [5, 5.41) is 2.98. The maximum Gasteiger partial charge on any atom is 0.181 e. The number of nitrogens with zero attached hydrogens (tertiary/aromatic N) is 1. The number of hydrogen-bond acceptors (Lipinski definition) is 5. The third kappa shape index (κ3) is 3.89. The van der Waals surface area contributed by atoms with Crippen molar-refractivity contribution in [2.45, 2.75) is 0 Å². The molecule has 0 radical (unpaired) electrons. The van der Waals surface area contributed by atoms with Crippen molar-refractivity contribution in [1.29, 1.82) is 0 Å². The molecule has 0 amide bonds. The van der Waals surface area contributed by atoms with Crippen molar-refractivity contribution >= 4 is 28.8 Å². The van der Waals surface area contributed by atoms with Gasteiger partial charge < -0.3 is 20.4 Å². The lowest BCUT2D eigenvalue weighted by Gasteiger charge is -2.28. The molecule has 1 aliphatic rings. The number of Topliss-reactive ketones (excluding diaryl/α,β-unsaturated/α-hetero) is 1. The van der Waals surface area contributed by atoms with Gasteiger partial charge in [-0.2, -0.15) is 0 Å². The van der Waals surface area contributed by atoms with Crippen molar-refractivity contribution in [3.05, 3.63) is 29.8 Å². The predicted octanol–water partition coefficient (Wildman–Crippen LogP) is 0.0437. The van der Waals surface area contributed by atoms with Crippen LogP contribution >= 0.6 is 12.2 Å². The summed E-state index contributed by atoms with van der Waals surface area (Å²) < 4.78 is 5.32. The SMILES string of the molecule is NNC(=S)NCC(=O)c1ccc(N2CCOCC2)cc1. The van der Waals surface area contributed by atoms with Crippen LogP contribution in [0.3, 0.4) is 0 Å². The highest BCUT2D eigenvalue weighted by molar-refractivity contribution is 7.80. The Balaban J connectivity index is 1.93. The first-order valence-corrected chi connectivity index (χ1v) is 6.82. The Labute approximate surface area is 123 Å². The zero-order valence-electron chi connectivity index (χ0n) is 11.1. The second-order valence-electron chi connectivity index (χ2n) is 4.40. The van der Waals surface area contributed by atoms with Crippen LogP contribution in [0.5, 0.6) is 0 Å². The number of carbonyl (C=O) groups is 1. The number of nitrogens with two attached hydrogens (primary N) is 1. The first-order valence-electron chi connectivity index (χ1n) is 6.41. The highest BCUT2D eigenvalue weighted by Crippen LogP contribution is 2.16. The summed E-state index contributed by atoms with van der Waals surface area (Å²) in [6.07, 6.45) is 0. The van der Waals surface area contributed by atoms with Gasteiger partial charge in [-0.1, -0.05) is 0 Å². The Morgan fingerprint density at radius 2 is 1.95 bits per heavy atom. The van der Waals surface area contributed by atoms with Gasteiger partial charge in [0, 0.05) is 24.3 Å². The van der Waals surface area contributed by atoms with Crippen molar-refractivity contribution in [1.82, 2.24) is 10.7 Å². The normalized spacial score (nSPS) is 14.8. The van der Waals surface area contributed by atoms with Crippen molar-refractivity contribution in [2.24, 2.45) is 5.84 Å². The molecule has 108 valence electrons. The van der Waals surface area contributed by atoms with Crippen molar-refractivity contribution < 1.29 is 9.53 Å². The Morgan fingerprint density at radius 3 is 2.55 bits per heavy atom. The summed E-state index contributed by atoms with van der Waals surface area (Å²) in [7, 11) is 0. The molecule has 6 nitrogen and oxygen atoms in total. The molecule has 0 saturated carbocycles. The van der Waals surface area contributed by atoms with Gasteiger partial charge in [-0.15, -0.1) is 0 Å². The first-order chi connectivity index (χ1) is 9.70. The molecule has 1 aromatic carbocycles. The lowest BCUT2D eigenvalue weighted by atomic mass is 10.1. The van der Waals surface area contributed by atoms with Crippen molar-refractivity contribution in [3.8, 4) is 0 Å². The minimum atomic E-state index is -0.0314. The first kappa shape index (κ1) is 14.7. The third-order valence-corrected chi connectivity index (χ3v) is 3.37. The van der Waals surface area contributed by atoms with Gasteiger partial charge >= 0.3 is 0 Å².